The maximum Gasteiger partial charge on any atom is 0.261 e. The number of fused-ring (bicyclic) bond motifs is 1. The molecular weight excluding hydrogens is 358 g/mol. The van der Waals surface area contributed by atoms with Gasteiger partial charge in [-0.1, -0.05) is 48.5 Å². The molecule has 4 rings (SSSR count). The molecule has 0 aliphatic heterocycles. The van der Waals surface area contributed by atoms with E-state index in [4.69, 9.17) is 0 Å². The number of rotatable bonds is 5. The molecule has 2 aromatic carbocycles. The maximum atomic E-state index is 12.5. The lowest BCUT2D eigenvalue weighted by Crippen LogP contribution is -2.28. The van der Waals surface area contributed by atoms with Gasteiger partial charge in [0.2, 0.25) is 0 Å². The van der Waals surface area contributed by atoms with Crippen molar-refractivity contribution in [2.24, 2.45) is 0 Å². The third kappa shape index (κ3) is 3.39. The summed E-state index contributed by atoms with van der Waals surface area (Å²) in [6.45, 7) is 1.90. The van der Waals surface area contributed by atoms with Gasteiger partial charge in [0.1, 0.15) is 4.83 Å². The number of nitrogens with zero attached hydrogens (tertiary/aromatic N) is 2. The Morgan fingerprint density at radius 3 is 2.41 bits per heavy atom. The lowest BCUT2D eigenvalue weighted by atomic mass is 10.1. The normalized spacial score (nSPS) is 10.9. The molecule has 134 valence electrons. The molecule has 0 saturated carbocycles. The molecule has 2 heterocycles. The van der Waals surface area contributed by atoms with E-state index < -0.39 is 0 Å². The molecular formula is C21H17N3O2S. The number of carbonyl (C=O) groups excluding carboxylic acids is 2. The van der Waals surface area contributed by atoms with E-state index in [1.54, 1.807) is 24.3 Å². The van der Waals surface area contributed by atoms with E-state index in [0.29, 0.717) is 10.4 Å². The van der Waals surface area contributed by atoms with Gasteiger partial charge in [-0.2, -0.15) is 5.10 Å². The number of hydrogen-bond donors (Lipinski definition) is 1. The quantitative estimate of drug-likeness (QED) is 0.536. The van der Waals surface area contributed by atoms with Crippen LogP contribution >= 0.6 is 11.3 Å². The zero-order chi connectivity index (χ0) is 18.8. The molecule has 1 amide bonds. The van der Waals surface area contributed by atoms with Gasteiger partial charge in [-0.25, -0.2) is 4.68 Å². The molecule has 6 heteroatoms. The Balaban J connectivity index is 1.55. The SMILES string of the molecule is Cc1nn(-c2ccccc2)c2sc(C(=O)NCC(=O)c3ccccc3)cc12. The first-order chi connectivity index (χ1) is 13.1. The third-order valence-corrected chi connectivity index (χ3v) is 5.38. The molecule has 5 nitrogen and oxygen atoms in total. The highest BCUT2D eigenvalue weighted by Crippen LogP contribution is 2.30. The molecule has 2 aromatic heterocycles. The number of carbonyl (C=O) groups is 2. The Morgan fingerprint density at radius 1 is 1.04 bits per heavy atom. The zero-order valence-electron chi connectivity index (χ0n) is 14.7. The molecule has 0 spiro atoms. The van der Waals surface area contributed by atoms with Crippen LogP contribution in [-0.2, 0) is 0 Å². The second kappa shape index (κ2) is 7.17. The van der Waals surface area contributed by atoms with Gasteiger partial charge in [0.25, 0.3) is 5.91 Å². The molecule has 4 aromatic rings. The maximum absolute atomic E-state index is 12.5. The van der Waals surface area contributed by atoms with Gasteiger partial charge in [-0.05, 0) is 25.1 Å². The summed E-state index contributed by atoms with van der Waals surface area (Å²) in [5.74, 6) is -0.365. The van der Waals surface area contributed by atoms with Crippen molar-refractivity contribution in [1.82, 2.24) is 15.1 Å². The summed E-state index contributed by atoms with van der Waals surface area (Å²) in [6, 6.07) is 20.6. The van der Waals surface area contributed by atoms with Gasteiger partial charge >= 0.3 is 0 Å². The summed E-state index contributed by atoms with van der Waals surface area (Å²) >= 11 is 1.37. The first-order valence-electron chi connectivity index (χ1n) is 8.54. The van der Waals surface area contributed by atoms with E-state index in [-0.39, 0.29) is 18.2 Å². The van der Waals surface area contributed by atoms with Crippen molar-refractivity contribution in [3.8, 4) is 5.69 Å². The average molecular weight is 375 g/mol. The van der Waals surface area contributed by atoms with Gasteiger partial charge in [-0.3, -0.25) is 9.59 Å². The molecule has 27 heavy (non-hydrogen) atoms. The number of benzene rings is 2. The van der Waals surface area contributed by atoms with Crippen LogP contribution in [0.2, 0.25) is 0 Å². The third-order valence-electron chi connectivity index (χ3n) is 4.27. The number of hydrogen-bond acceptors (Lipinski definition) is 4. The number of thiophene rings is 1. The smallest absolute Gasteiger partial charge is 0.261 e. The molecule has 0 radical (unpaired) electrons. The van der Waals surface area contributed by atoms with E-state index in [1.165, 1.54) is 11.3 Å². The van der Waals surface area contributed by atoms with E-state index in [1.807, 2.05) is 54.1 Å². The van der Waals surface area contributed by atoms with Crippen LogP contribution in [0.4, 0.5) is 0 Å². The van der Waals surface area contributed by atoms with E-state index in [0.717, 1.165) is 21.6 Å². The monoisotopic (exact) mass is 375 g/mol. The highest BCUT2D eigenvalue weighted by molar-refractivity contribution is 7.20. The Hall–Kier alpha value is -3.25. The fraction of sp³-hybridized carbons (Fsp3) is 0.0952. The van der Waals surface area contributed by atoms with Crippen molar-refractivity contribution >= 4 is 33.2 Å². The minimum atomic E-state index is -0.250. The van der Waals surface area contributed by atoms with Crippen molar-refractivity contribution < 1.29 is 9.59 Å². The highest BCUT2D eigenvalue weighted by Gasteiger charge is 2.17. The van der Waals surface area contributed by atoms with E-state index in [2.05, 4.69) is 10.4 Å². The summed E-state index contributed by atoms with van der Waals surface area (Å²) < 4.78 is 1.85. The molecule has 0 saturated heterocycles. The Morgan fingerprint density at radius 2 is 1.70 bits per heavy atom. The fourth-order valence-corrected chi connectivity index (χ4v) is 3.98. The second-order valence-corrected chi connectivity index (χ2v) is 7.16. The summed E-state index contributed by atoms with van der Waals surface area (Å²) in [6.07, 6.45) is 0. The summed E-state index contributed by atoms with van der Waals surface area (Å²) in [5, 5.41) is 8.24. The molecule has 0 atom stereocenters. The second-order valence-electron chi connectivity index (χ2n) is 6.13. The molecule has 0 fully saturated rings. The van der Waals surface area contributed by atoms with Crippen LogP contribution in [0.1, 0.15) is 25.7 Å². The van der Waals surface area contributed by atoms with Crippen molar-refractivity contribution in [3.05, 3.63) is 82.9 Å². The predicted octanol–water partition coefficient (Wildman–Crippen LogP) is 4.01. The largest absolute Gasteiger partial charge is 0.344 e. The molecule has 0 aliphatic carbocycles. The van der Waals surface area contributed by atoms with Gasteiger partial charge < -0.3 is 5.32 Å². The van der Waals surface area contributed by atoms with Crippen molar-refractivity contribution in [3.63, 3.8) is 0 Å². The number of nitrogens with one attached hydrogen (secondary N) is 1. The number of aromatic nitrogens is 2. The van der Waals surface area contributed by atoms with Crippen LogP contribution in [0.15, 0.2) is 66.7 Å². The Bertz CT molecular complexity index is 1110. The first kappa shape index (κ1) is 17.2. The van der Waals surface area contributed by atoms with Crippen molar-refractivity contribution in [2.75, 3.05) is 6.54 Å². The molecule has 1 N–H and O–H groups in total. The first-order valence-corrected chi connectivity index (χ1v) is 9.36. The zero-order valence-corrected chi connectivity index (χ0v) is 15.5. The van der Waals surface area contributed by atoms with E-state index >= 15 is 0 Å². The van der Waals surface area contributed by atoms with Crippen LogP contribution in [0.3, 0.4) is 0 Å². The minimum Gasteiger partial charge on any atom is -0.344 e. The van der Waals surface area contributed by atoms with Crippen LogP contribution in [0.5, 0.6) is 0 Å². The van der Waals surface area contributed by atoms with Gasteiger partial charge in [-0.15, -0.1) is 11.3 Å². The Labute approximate surface area is 160 Å². The minimum absolute atomic E-state index is 0.0269. The van der Waals surface area contributed by atoms with Crippen LogP contribution in [0.25, 0.3) is 15.9 Å². The fourth-order valence-electron chi connectivity index (χ4n) is 2.88. The van der Waals surface area contributed by atoms with Crippen molar-refractivity contribution in [2.45, 2.75) is 6.92 Å². The molecule has 0 unspecified atom stereocenters. The summed E-state index contributed by atoms with van der Waals surface area (Å²) in [7, 11) is 0. The number of amides is 1. The van der Waals surface area contributed by atoms with Crippen LogP contribution in [0, 0.1) is 6.92 Å². The van der Waals surface area contributed by atoms with Gasteiger partial charge in [0.15, 0.2) is 5.78 Å². The lowest BCUT2D eigenvalue weighted by molar-refractivity contribution is 0.0906. The number of Topliss-reactive ketones (excluding diaryl/α,β-unsaturated/α-hetero) is 1. The number of aryl methyl sites for hydroxylation is 1. The molecule has 0 aliphatic rings. The predicted molar refractivity (Wildman–Crippen MR) is 107 cm³/mol. The van der Waals surface area contributed by atoms with Gasteiger partial charge in [0, 0.05) is 10.9 Å². The average Bonchev–Trinajstić information content (AvgIpc) is 3.28. The van der Waals surface area contributed by atoms with Crippen LogP contribution in [-0.4, -0.2) is 28.0 Å². The number of para-hydroxylation sites is 1. The number of ketones is 1. The van der Waals surface area contributed by atoms with Crippen molar-refractivity contribution in [1.29, 1.82) is 0 Å². The molecule has 0 bridgehead atoms. The topological polar surface area (TPSA) is 64.0 Å². The van der Waals surface area contributed by atoms with Crippen LogP contribution < -0.4 is 5.32 Å². The lowest BCUT2D eigenvalue weighted by Gasteiger charge is -2.03. The Kier molecular flexibility index (Phi) is 4.56. The summed E-state index contributed by atoms with van der Waals surface area (Å²) in [5.41, 5.74) is 2.40. The highest BCUT2D eigenvalue weighted by atomic mass is 32.1. The standard InChI is InChI=1S/C21H17N3O2S/c1-14-17-12-19(20(26)22-13-18(25)15-8-4-2-5-9-15)27-21(17)24(23-14)16-10-6-3-7-11-16/h2-12H,13H2,1H3,(H,22,26). The summed E-state index contributed by atoms with van der Waals surface area (Å²) in [4.78, 5) is 26.2. The van der Waals surface area contributed by atoms with Gasteiger partial charge in [0.05, 0.1) is 22.8 Å². The van der Waals surface area contributed by atoms with E-state index in [9.17, 15) is 9.59 Å².